The predicted molar refractivity (Wildman–Crippen MR) is 121 cm³/mol. The van der Waals surface area contributed by atoms with Gasteiger partial charge in [-0.05, 0) is 56.2 Å². The Morgan fingerprint density at radius 3 is 2.36 bits per heavy atom. The van der Waals surface area contributed by atoms with Crippen molar-refractivity contribution in [1.29, 1.82) is 0 Å². The van der Waals surface area contributed by atoms with E-state index in [1.165, 1.54) is 29.6 Å². The number of methoxy groups -OCH3 is 1. The smallest absolute Gasteiger partial charge is 0.273 e. The lowest BCUT2D eigenvalue weighted by Gasteiger charge is -2.20. The van der Waals surface area contributed by atoms with E-state index in [1.54, 1.807) is 32.0 Å². The van der Waals surface area contributed by atoms with Gasteiger partial charge < -0.3 is 9.15 Å². The van der Waals surface area contributed by atoms with Crippen molar-refractivity contribution in [1.82, 2.24) is 10.9 Å². The number of rotatable bonds is 5. The molecule has 0 saturated heterocycles. The van der Waals surface area contributed by atoms with Crippen LogP contribution in [0, 0.1) is 13.8 Å². The van der Waals surface area contributed by atoms with E-state index in [0.29, 0.717) is 30.2 Å². The van der Waals surface area contributed by atoms with Crippen molar-refractivity contribution in [3.8, 4) is 5.75 Å². The van der Waals surface area contributed by atoms with E-state index in [-0.39, 0.29) is 21.8 Å². The van der Waals surface area contributed by atoms with Gasteiger partial charge in [0, 0.05) is 6.54 Å². The number of para-hydroxylation sites is 1. The highest BCUT2D eigenvalue weighted by Gasteiger charge is 2.31. The summed E-state index contributed by atoms with van der Waals surface area (Å²) in [6.45, 7) is 3.66. The lowest BCUT2D eigenvalue weighted by Crippen LogP contribution is -2.42. The van der Waals surface area contributed by atoms with E-state index in [4.69, 9.17) is 9.15 Å². The van der Waals surface area contributed by atoms with Crippen LogP contribution >= 0.6 is 0 Å². The van der Waals surface area contributed by atoms with Crippen LogP contribution in [0.1, 0.15) is 37.8 Å². The summed E-state index contributed by atoms with van der Waals surface area (Å²) in [7, 11) is -2.54. The summed E-state index contributed by atoms with van der Waals surface area (Å²) in [5.41, 5.74) is 6.43. The highest BCUT2D eigenvalue weighted by molar-refractivity contribution is 7.92. The van der Waals surface area contributed by atoms with Crippen LogP contribution in [0.5, 0.6) is 5.75 Å². The van der Waals surface area contributed by atoms with E-state index in [1.807, 2.05) is 12.1 Å². The van der Waals surface area contributed by atoms with Gasteiger partial charge in [0.15, 0.2) is 0 Å². The summed E-state index contributed by atoms with van der Waals surface area (Å²) in [5.74, 6) is -0.147. The Kier molecular flexibility index (Phi) is 5.86. The van der Waals surface area contributed by atoms with Crippen LogP contribution in [-0.2, 0) is 16.4 Å². The average molecular weight is 470 g/mol. The molecule has 0 saturated carbocycles. The number of furan rings is 1. The molecule has 0 atom stereocenters. The summed E-state index contributed by atoms with van der Waals surface area (Å²) in [6.07, 6.45) is 0.609. The van der Waals surface area contributed by atoms with E-state index < -0.39 is 21.8 Å². The van der Waals surface area contributed by atoms with Crippen LogP contribution in [0.15, 0.2) is 57.8 Å². The summed E-state index contributed by atoms with van der Waals surface area (Å²) in [6, 6.07) is 12.9. The molecule has 0 unspecified atom stereocenters. The van der Waals surface area contributed by atoms with E-state index in [0.717, 1.165) is 5.56 Å². The second-order valence-corrected chi connectivity index (χ2v) is 9.42. The molecule has 2 amide bonds. The number of nitrogens with one attached hydrogen (secondary N) is 2. The van der Waals surface area contributed by atoms with Crippen LogP contribution in [-0.4, -0.2) is 33.9 Å². The van der Waals surface area contributed by atoms with E-state index in [2.05, 4.69) is 10.9 Å². The Labute approximate surface area is 191 Å². The maximum atomic E-state index is 13.3. The number of sulfonamides is 1. The number of nitrogens with zero attached hydrogens (tertiary/aromatic N) is 1. The third-order valence-electron chi connectivity index (χ3n) is 5.42. The zero-order chi connectivity index (χ0) is 23.8. The number of carbonyl (C=O) groups excluding carboxylic acids is 2. The molecule has 3 aromatic rings. The van der Waals surface area contributed by atoms with Crippen LogP contribution in [0.3, 0.4) is 0 Å². The van der Waals surface area contributed by atoms with Gasteiger partial charge in [0.05, 0.1) is 28.8 Å². The molecule has 4 rings (SSSR count). The first kappa shape index (κ1) is 22.4. The molecule has 1 aromatic heterocycles. The second-order valence-electron chi connectivity index (χ2n) is 7.55. The van der Waals surface area contributed by atoms with Crippen molar-refractivity contribution < 1.29 is 27.2 Å². The first-order chi connectivity index (χ1) is 15.7. The highest BCUT2D eigenvalue weighted by Crippen LogP contribution is 2.33. The van der Waals surface area contributed by atoms with Gasteiger partial charge in [0.2, 0.25) is 0 Å². The molecule has 33 heavy (non-hydrogen) atoms. The topological polar surface area (TPSA) is 118 Å². The zero-order valence-electron chi connectivity index (χ0n) is 18.3. The molecule has 0 fully saturated rings. The second kappa shape index (κ2) is 8.62. The lowest BCUT2D eigenvalue weighted by molar-refractivity contribution is 0.0844. The standard InChI is InChI=1S/C23H23N3O6S/c1-14-12-18(15(2)32-14)22(27)24-25-23(28)19-13-17(8-9-21(19)31-3)33(29,30)26-11-10-16-6-4-5-7-20(16)26/h4-9,12-13H,10-11H2,1-3H3,(H,24,27)(H,25,28). The number of fused-ring (bicyclic) bond motifs is 1. The van der Waals surface area contributed by atoms with Crippen molar-refractivity contribution in [2.24, 2.45) is 0 Å². The van der Waals surface area contributed by atoms with Crippen molar-refractivity contribution >= 4 is 27.5 Å². The Bertz CT molecular complexity index is 1350. The third-order valence-corrected chi connectivity index (χ3v) is 7.23. The Balaban J connectivity index is 1.58. The van der Waals surface area contributed by atoms with E-state index >= 15 is 0 Å². The monoisotopic (exact) mass is 469 g/mol. The predicted octanol–water partition coefficient (Wildman–Crippen LogP) is 2.73. The van der Waals surface area contributed by atoms with Crippen LogP contribution in [0.25, 0.3) is 0 Å². The molecular weight excluding hydrogens is 446 g/mol. The number of carbonyl (C=O) groups is 2. The van der Waals surface area contributed by atoms with Crippen molar-refractivity contribution in [3.05, 3.63) is 76.7 Å². The number of hydrazine groups is 1. The number of hydrogen-bond acceptors (Lipinski definition) is 6. The summed E-state index contributed by atoms with van der Waals surface area (Å²) < 4.78 is 38.6. The van der Waals surface area contributed by atoms with Crippen molar-refractivity contribution in [2.75, 3.05) is 18.0 Å². The van der Waals surface area contributed by atoms with Crippen LogP contribution in [0.4, 0.5) is 5.69 Å². The SMILES string of the molecule is COc1ccc(S(=O)(=O)N2CCc3ccccc32)cc1C(=O)NNC(=O)c1cc(C)oc1C. The summed E-state index contributed by atoms with van der Waals surface area (Å²) >= 11 is 0. The first-order valence-electron chi connectivity index (χ1n) is 10.2. The average Bonchev–Trinajstić information content (AvgIpc) is 3.39. The molecule has 0 aliphatic carbocycles. The Hall–Kier alpha value is -3.79. The zero-order valence-corrected chi connectivity index (χ0v) is 19.2. The molecule has 2 heterocycles. The third kappa shape index (κ3) is 4.17. The van der Waals surface area contributed by atoms with Crippen molar-refractivity contribution in [2.45, 2.75) is 25.2 Å². The van der Waals surface area contributed by atoms with Gasteiger partial charge in [0.25, 0.3) is 21.8 Å². The fourth-order valence-electron chi connectivity index (χ4n) is 3.81. The van der Waals surface area contributed by atoms with Gasteiger partial charge >= 0.3 is 0 Å². The number of aryl methyl sites for hydroxylation is 2. The van der Waals surface area contributed by atoms with Gasteiger partial charge in [-0.2, -0.15) is 0 Å². The van der Waals surface area contributed by atoms with Gasteiger partial charge in [-0.15, -0.1) is 0 Å². The summed E-state index contributed by atoms with van der Waals surface area (Å²) in [4.78, 5) is 25.1. The minimum absolute atomic E-state index is 0.0357. The molecule has 1 aliphatic heterocycles. The van der Waals surface area contributed by atoms with Gasteiger partial charge in [-0.25, -0.2) is 8.42 Å². The molecule has 10 heteroatoms. The van der Waals surface area contributed by atoms with Gasteiger partial charge in [-0.1, -0.05) is 18.2 Å². The number of amides is 2. The molecule has 9 nitrogen and oxygen atoms in total. The molecule has 2 aromatic carbocycles. The number of hydrogen-bond donors (Lipinski definition) is 2. The molecular formula is C23H23N3O6S. The molecule has 0 radical (unpaired) electrons. The highest BCUT2D eigenvalue weighted by atomic mass is 32.2. The minimum atomic E-state index is -3.91. The van der Waals surface area contributed by atoms with Gasteiger partial charge in [-0.3, -0.25) is 24.7 Å². The van der Waals surface area contributed by atoms with Crippen LogP contribution < -0.4 is 19.9 Å². The quantitative estimate of drug-likeness (QED) is 0.555. The molecule has 0 spiro atoms. The van der Waals surface area contributed by atoms with E-state index in [9.17, 15) is 18.0 Å². The fraction of sp³-hybridized carbons (Fsp3) is 0.217. The maximum Gasteiger partial charge on any atom is 0.273 e. The Morgan fingerprint density at radius 1 is 1.00 bits per heavy atom. The van der Waals surface area contributed by atoms with Crippen molar-refractivity contribution in [3.63, 3.8) is 0 Å². The summed E-state index contributed by atoms with van der Waals surface area (Å²) in [5, 5.41) is 0. The molecule has 0 bridgehead atoms. The van der Waals surface area contributed by atoms with Crippen LogP contribution in [0.2, 0.25) is 0 Å². The minimum Gasteiger partial charge on any atom is -0.496 e. The molecule has 1 aliphatic rings. The van der Waals surface area contributed by atoms with Gasteiger partial charge in [0.1, 0.15) is 17.3 Å². The number of ether oxygens (including phenoxy) is 1. The fourth-order valence-corrected chi connectivity index (χ4v) is 5.34. The maximum absolute atomic E-state index is 13.3. The number of benzene rings is 2. The lowest BCUT2D eigenvalue weighted by atomic mass is 10.2. The largest absolute Gasteiger partial charge is 0.496 e. The number of anilines is 1. The molecule has 2 N–H and O–H groups in total. The normalized spacial score (nSPS) is 12.9. The Morgan fingerprint density at radius 2 is 1.70 bits per heavy atom. The molecule has 172 valence electrons. The first-order valence-corrected chi connectivity index (χ1v) is 11.6.